The number of hydrogen-bond acceptors (Lipinski definition) is 6. The molecule has 3 amide bonds. The molecule has 2 rings (SSSR count). The highest BCUT2D eigenvalue weighted by Crippen LogP contribution is 2.19. The molecular weight excluding hydrogens is 464 g/mol. The SMILES string of the molecule is CCC(C)C(NC(=O)C(CCCCN)NC(=O)CN)C(=O)NC(Cc1c[nH]c2ccccc12)C(=O)O. The molecule has 0 saturated heterocycles. The highest BCUT2D eigenvalue weighted by atomic mass is 16.4. The Kier molecular flexibility index (Phi) is 11.4. The van der Waals surface area contributed by atoms with Crippen molar-refractivity contribution in [1.82, 2.24) is 20.9 Å². The molecule has 1 aromatic carbocycles. The second-order valence-corrected chi connectivity index (χ2v) is 8.94. The summed E-state index contributed by atoms with van der Waals surface area (Å²) in [6, 6.07) is 4.43. The predicted octanol–water partition coefficient (Wildman–Crippen LogP) is 0.383. The van der Waals surface area contributed by atoms with Crippen LogP contribution in [0, 0.1) is 5.92 Å². The molecular formula is C25H38N6O5. The van der Waals surface area contributed by atoms with Gasteiger partial charge in [0.15, 0.2) is 0 Å². The summed E-state index contributed by atoms with van der Waals surface area (Å²) in [4.78, 5) is 53.2. The van der Waals surface area contributed by atoms with Gasteiger partial charge in [-0.2, -0.15) is 0 Å². The van der Waals surface area contributed by atoms with Gasteiger partial charge in [0, 0.05) is 23.5 Å². The Morgan fingerprint density at radius 2 is 1.72 bits per heavy atom. The van der Waals surface area contributed by atoms with Gasteiger partial charge in [0.1, 0.15) is 18.1 Å². The Labute approximate surface area is 210 Å². The maximum absolute atomic E-state index is 13.2. The van der Waals surface area contributed by atoms with Gasteiger partial charge in [-0.05, 0) is 43.4 Å². The smallest absolute Gasteiger partial charge is 0.326 e. The molecule has 0 radical (unpaired) electrons. The first kappa shape index (κ1) is 28.8. The van der Waals surface area contributed by atoms with Crippen molar-refractivity contribution in [1.29, 1.82) is 0 Å². The molecule has 0 fully saturated rings. The lowest BCUT2D eigenvalue weighted by Crippen LogP contribution is -2.58. The van der Waals surface area contributed by atoms with E-state index < -0.39 is 41.8 Å². The Bertz CT molecular complexity index is 1040. The first-order valence-electron chi connectivity index (χ1n) is 12.3. The number of aliphatic carboxylic acids is 1. The Morgan fingerprint density at radius 3 is 2.36 bits per heavy atom. The molecule has 0 bridgehead atoms. The number of para-hydroxylation sites is 1. The van der Waals surface area contributed by atoms with Crippen LogP contribution in [0.15, 0.2) is 30.5 Å². The van der Waals surface area contributed by atoms with Crippen molar-refractivity contribution >= 4 is 34.6 Å². The number of carbonyl (C=O) groups is 4. The third kappa shape index (κ3) is 8.06. The number of nitrogens with one attached hydrogen (secondary N) is 4. The van der Waals surface area contributed by atoms with E-state index in [1.165, 1.54) is 0 Å². The van der Waals surface area contributed by atoms with E-state index in [1.807, 2.05) is 31.2 Å². The van der Waals surface area contributed by atoms with Crippen molar-refractivity contribution < 1.29 is 24.3 Å². The molecule has 198 valence electrons. The van der Waals surface area contributed by atoms with Crippen molar-refractivity contribution in [2.24, 2.45) is 17.4 Å². The first-order valence-corrected chi connectivity index (χ1v) is 12.3. The molecule has 0 saturated carbocycles. The summed E-state index contributed by atoms with van der Waals surface area (Å²) in [5.74, 6) is -3.09. The fourth-order valence-corrected chi connectivity index (χ4v) is 3.95. The van der Waals surface area contributed by atoms with Crippen molar-refractivity contribution in [2.75, 3.05) is 13.1 Å². The zero-order valence-electron chi connectivity index (χ0n) is 20.9. The van der Waals surface area contributed by atoms with Crippen LogP contribution in [-0.4, -0.2) is 65.0 Å². The molecule has 4 atom stereocenters. The summed E-state index contributed by atoms with van der Waals surface area (Å²) in [6.45, 7) is 3.84. The van der Waals surface area contributed by atoms with Crippen molar-refractivity contribution in [2.45, 2.75) is 64.1 Å². The number of benzene rings is 1. The minimum Gasteiger partial charge on any atom is -0.480 e. The third-order valence-electron chi connectivity index (χ3n) is 6.29. The summed E-state index contributed by atoms with van der Waals surface area (Å²) >= 11 is 0. The number of H-pyrrole nitrogens is 1. The van der Waals surface area contributed by atoms with Crippen molar-refractivity contribution in [3.8, 4) is 0 Å². The normalized spacial score (nSPS) is 14.4. The van der Waals surface area contributed by atoms with E-state index in [0.717, 1.165) is 16.5 Å². The Balaban J connectivity index is 2.17. The zero-order chi connectivity index (χ0) is 26.7. The van der Waals surface area contributed by atoms with E-state index in [2.05, 4.69) is 20.9 Å². The fourth-order valence-electron chi connectivity index (χ4n) is 3.95. The van der Waals surface area contributed by atoms with Crippen LogP contribution in [0.2, 0.25) is 0 Å². The van der Waals surface area contributed by atoms with Crippen molar-refractivity contribution in [3.63, 3.8) is 0 Å². The number of aromatic amines is 1. The number of carboxylic acids is 1. The maximum atomic E-state index is 13.2. The van der Waals surface area contributed by atoms with Crippen molar-refractivity contribution in [3.05, 3.63) is 36.0 Å². The molecule has 4 unspecified atom stereocenters. The summed E-state index contributed by atoms with van der Waals surface area (Å²) in [6.07, 6.45) is 3.97. The van der Waals surface area contributed by atoms with E-state index in [9.17, 15) is 24.3 Å². The second-order valence-electron chi connectivity index (χ2n) is 8.94. The molecule has 1 heterocycles. The van der Waals surface area contributed by atoms with Crippen LogP contribution in [0.1, 0.15) is 45.1 Å². The average molecular weight is 503 g/mol. The maximum Gasteiger partial charge on any atom is 0.326 e. The number of aromatic nitrogens is 1. The lowest BCUT2D eigenvalue weighted by Gasteiger charge is -2.27. The van der Waals surface area contributed by atoms with Crippen LogP contribution < -0.4 is 27.4 Å². The molecule has 0 aliphatic carbocycles. The molecule has 11 heteroatoms. The quantitative estimate of drug-likeness (QED) is 0.171. The standard InChI is InChI=1S/C25H38N6O5/c1-3-15(2)22(31-23(33)19(10-6-7-11-26)29-21(32)13-27)24(34)30-20(25(35)36)12-16-14-28-18-9-5-4-8-17(16)18/h4-5,8-9,14-15,19-20,22,28H,3,6-7,10-13,26-27H2,1-2H3,(H,29,32)(H,30,34)(H,31,33)(H,35,36). The lowest BCUT2D eigenvalue weighted by atomic mass is 9.96. The first-order chi connectivity index (χ1) is 17.2. The summed E-state index contributed by atoms with van der Waals surface area (Å²) in [7, 11) is 0. The van der Waals surface area contributed by atoms with Gasteiger partial charge < -0.3 is 37.5 Å². The minimum atomic E-state index is -1.20. The summed E-state index contributed by atoms with van der Waals surface area (Å²) in [5.41, 5.74) is 12.5. The van der Waals surface area contributed by atoms with Gasteiger partial charge >= 0.3 is 5.97 Å². The average Bonchev–Trinajstić information content (AvgIpc) is 3.28. The van der Waals surface area contributed by atoms with E-state index in [4.69, 9.17) is 11.5 Å². The van der Waals surface area contributed by atoms with Gasteiger partial charge in [0.2, 0.25) is 17.7 Å². The summed E-state index contributed by atoms with van der Waals surface area (Å²) in [5, 5.41) is 18.6. The van der Waals surface area contributed by atoms with Crippen LogP contribution in [0.4, 0.5) is 0 Å². The number of rotatable bonds is 15. The number of carboxylic acid groups (broad SMARTS) is 1. The van der Waals surface area contributed by atoms with Gasteiger partial charge in [0.05, 0.1) is 6.54 Å². The second kappa shape index (κ2) is 14.2. The molecule has 0 aliphatic rings. The fraction of sp³-hybridized carbons (Fsp3) is 0.520. The van der Waals surface area contributed by atoms with E-state index in [1.54, 1.807) is 13.1 Å². The zero-order valence-corrected chi connectivity index (χ0v) is 20.9. The van der Waals surface area contributed by atoms with Gasteiger partial charge in [-0.3, -0.25) is 14.4 Å². The topological polar surface area (TPSA) is 192 Å². The van der Waals surface area contributed by atoms with Gasteiger partial charge in [-0.25, -0.2) is 4.79 Å². The van der Waals surface area contributed by atoms with E-state index >= 15 is 0 Å². The molecule has 11 nitrogen and oxygen atoms in total. The molecule has 2 aromatic rings. The predicted molar refractivity (Wildman–Crippen MR) is 137 cm³/mol. The largest absolute Gasteiger partial charge is 0.480 e. The number of nitrogens with two attached hydrogens (primary N) is 2. The van der Waals surface area contributed by atoms with Crippen LogP contribution in [0.25, 0.3) is 10.9 Å². The monoisotopic (exact) mass is 502 g/mol. The van der Waals surface area contributed by atoms with Gasteiger partial charge in [0.25, 0.3) is 0 Å². The summed E-state index contributed by atoms with van der Waals surface area (Å²) < 4.78 is 0. The molecule has 9 N–H and O–H groups in total. The van der Waals surface area contributed by atoms with Crippen LogP contribution >= 0.6 is 0 Å². The van der Waals surface area contributed by atoms with Crippen LogP contribution in [0.5, 0.6) is 0 Å². The number of amides is 3. The Morgan fingerprint density at radius 1 is 1.00 bits per heavy atom. The minimum absolute atomic E-state index is 0.0700. The van der Waals surface area contributed by atoms with Gasteiger partial charge in [-0.15, -0.1) is 0 Å². The number of hydrogen-bond donors (Lipinski definition) is 7. The van der Waals surface area contributed by atoms with E-state index in [-0.39, 0.29) is 18.9 Å². The van der Waals surface area contributed by atoms with E-state index in [0.29, 0.717) is 32.2 Å². The number of unbranched alkanes of at least 4 members (excludes halogenated alkanes) is 1. The van der Waals surface area contributed by atoms with Crippen LogP contribution in [-0.2, 0) is 25.6 Å². The highest BCUT2D eigenvalue weighted by molar-refractivity contribution is 5.94. The van der Waals surface area contributed by atoms with Gasteiger partial charge in [-0.1, -0.05) is 38.5 Å². The molecule has 1 aromatic heterocycles. The molecule has 36 heavy (non-hydrogen) atoms. The van der Waals surface area contributed by atoms with Crippen LogP contribution in [0.3, 0.4) is 0 Å². The third-order valence-corrected chi connectivity index (χ3v) is 6.29. The molecule has 0 spiro atoms. The number of fused-ring (bicyclic) bond motifs is 1. The highest BCUT2D eigenvalue weighted by Gasteiger charge is 2.32. The molecule has 0 aliphatic heterocycles. The Hall–Kier alpha value is -3.44. The lowest BCUT2D eigenvalue weighted by molar-refractivity contribution is -0.142. The number of carbonyl (C=O) groups excluding carboxylic acids is 3.